The van der Waals surface area contributed by atoms with Crippen molar-refractivity contribution in [2.45, 2.75) is 25.0 Å². The molecule has 1 heterocycles. The van der Waals surface area contributed by atoms with Gasteiger partial charge in [-0.2, -0.15) is 0 Å². The van der Waals surface area contributed by atoms with Gasteiger partial charge in [0.2, 0.25) is 0 Å². The zero-order chi connectivity index (χ0) is 10.8. The van der Waals surface area contributed by atoms with Crippen molar-refractivity contribution in [3.63, 3.8) is 0 Å². The van der Waals surface area contributed by atoms with Crippen LogP contribution in [0.15, 0.2) is 18.2 Å². The summed E-state index contributed by atoms with van der Waals surface area (Å²) >= 11 is 0. The van der Waals surface area contributed by atoms with E-state index < -0.39 is 17.7 Å². The smallest absolute Gasteiger partial charge is 0.129 e. The Morgan fingerprint density at radius 1 is 1.33 bits per heavy atom. The lowest BCUT2D eigenvalue weighted by molar-refractivity contribution is -0.00206. The summed E-state index contributed by atoms with van der Waals surface area (Å²) in [6.45, 7) is 0.550. The molecule has 0 amide bonds. The van der Waals surface area contributed by atoms with Crippen LogP contribution in [0.1, 0.15) is 24.5 Å². The van der Waals surface area contributed by atoms with E-state index in [-0.39, 0.29) is 11.6 Å². The summed E-state index contributed by atoms with van der Waals surface area (Å²) < 4.78 is 31.8. The third-order valence-electron chi connectivity index (χ3n) is 2.63. The second-order valence-electron chi connectivity index (χ2n) is 3.76. The molecule has 0 bridgehead atoms. The van der Waals surface area contributed by atoms with Crippen molar-refractivity contribution in [2.75, 3.05) is 6.61 Å². The Morgan fingerprint density at radius 2 is 2.13 bits per heavy atom. The van der Waals surface area contributed by atoms with Gasteiger partial charge in [0.1, 0.15) is 17.7 Å². The molecule has 15 heavy (non-hydrogen) atoms. The Kier molecular flexibility index (Phi) is 2.98. The zero-order valence-electron chi connectivity index (χ0n) is 8.25. The first-order valence-electron chi connectivity index (χ1n) is 5.00. The predicted molar refractivity (Wildman–Crippen MR) is 52.3 cm³/mol. The van der Waals surface area contributed by atoms with E-state index in [1.165, 1.54) is 0 Å². The van der Waals surface area contributed by atoms with Crippen LogP contribution in [0.3, 0.4) is 0 Å². The molecular formula is C11H13F2NO. The fraction of sp³-hybridized carbons (Fsp3) is 0.455. The molecule has 1 saturated heterocycles. The molecule has 82 valence electrons. The quantitative estimate of drug-likeness (QED) is 0.775. The van der Waals surface area contributed by atoms with Crippen LogP contribution in [0.2, 0.25) is 0 Å². The Hall–Kier alpha value is -1.00. The summed E-state index contributed by atoms with van der Waals surface area (Å²) in [5, 5.41) is 0. The minimum absolute atomic E-state index is 0.224. The highest BCUT2D eigenvalue weighted by Crippen LogP contribution is 2.29. The van der Waals surface area contributed by atoms with Gasteiger partial charge < -0.3 is 10.5 Å². The first kappa shape index (κ1) is 10.5. The fourth-order valence-corrected chi connectivity index (χ4v) is 1.86. The lowest BCUT2D eigenvalue weighted by atomic mass is 9.96. The Balaban J connectivity index is 2.30. The average Bonchev–Trinajstić information content (AvgIpc) is 2.23. The van der Waals surface area contributed by atoms with E-state index in [0.29, 0.717) is 6.61 Å². The van der Waals surface area contributed by atoms with Crippen LogP contribution >= 0.6 is 0 Å². The molecule has 1 aromatic rings. The molecule has 2 atom stereocenters. The molecule has 0 saturated carbocycles. The van der Waals surface area contributed by atoms with Crippen molar-refractivity contribution < 1.29 is 13.5 Å². The standard InChI is InChI=1S/C11H13F2NO/c12-7-3-4-9(13)8(6-7)11-10(14)2-1-5-15-11/h3-4,6,10-11H,1-2,5,14H2/t10-,11+/m0/s1. The molecule has 4 heteroatoms. The van der Waals surface area contributed by atoms with Crippen LogP contribution in [-0.4, -0.2) is 12.6 Å². The number of ether oxygens (including phenoxy) is 1. The van der Waals surface area contributed by atoms with Gasteiger partial charge >= 0.3 is 0 Å². The zero-order valence-corrected chi connectivity index (χ0v) is 8.25. The van der Waals surface area contributed by atoms with Crippen molar-refractivity contribution in [2.24, 2.45) is 5.73 Å². The molecule has 1 aliphatic heterocycles. The second kappa shape index (κ2) is 4.24. The number of hydrogen-bond acceptors (Lipinski definition) is 2. The van der Waals surface area contributed by atoms with Crippen molar-refractivity contribution in [1.29, 1.82) is 0 Å². The van der Waals surface area contributed by atoms with Gasteiger partial charge in [-0.3, -0.25) is 0 Å². The molecule has 1 fully saturated rings. The largest absolute Gasteiger partial charge is 0.372 e. The number of nitrogens with two attached hydrogens (primary N) is 1. The second-order valence-corrected chi connectivity index (χ2v) is 3.76. The molecule has 2 rings (SSSR count). The third-order valence-corrected chi connectivity index (χ3v) is 2.63. The lowest BCUT2D eigenvalue weighted by Gasteiger charge is -2.29. The summed E-state index contributed by atoms with van der Waals surface area (Å²) in [5.74, 6) is -0.925. The molecule has 2 N–H and O–H groups in total. The molecule has 0 radical (unpaired) electrons. The maximum atomic E-state index is 13.4. The van der Waals surface area contributed by atoms with Crippen LogP contribution < -0.4 is 5.73 Å². The number of hydrogen-bond donors (Lipinski definition) is 1. The molecule has 0 spiro atoms. The van der Waals surface area contributed by atoms with Crippen LogP contribution in [0, 0.1) is 11.6 Å². The predicted octanol–water partition coefficient (Wildman–Crippen LogP) is 2.14. The van der Waals surface area contributed by atoms with Crippen LogP contribution in [-0.2, 0) is 4.74 Å². The molecule has 1 aromatic carbocycles. The van der Waals surface area contributed by atoms with Crippen molar-refractivity contribution >= 4 is 0 Å². The topological polar surface area (TPSA) is 35.2 Å². The highest BCUT2D eigenvalue weighted by molar-refractivity contribution is 5.22. The van der Waals surface area contributed by atoms with E-state index in [1.807, 2.05) is 0 Å². The molecule has 0 aliphatic carbocycles. The molecule has 1 aliphatic rings. The van der Waals surface area contributed by atoms with Gasteiger partial charge in [0.15, 0.2) is 0 Å². The molecule has 0 unspecified atom stereocenters. The number of halogens is 2. The summed E-state index contributed by atoms with van der Waals surface area (Å²) in [4.78, 5) is 0. The fourth-order valence-electron chi connectivity index (χ4n) is 1.86. The summed E-state index contributed by atoms with van der Waals surface area (Å²) in [6, 6.07) is 3.10. The van der Waals surface area contributed by atoms with E-state index in [1.54, 1.807) is 0 Å². The van der Waals surface area contributed by atoms with Gasteiger partial charge in [0.25, 0.3) is 0 Å². The van der Waals surface area contributed by atoms with Gasteiger partial charge in [-0.15, -0.1) is 0 Å². The minimum Gasteiger partial charge on any atom is -0.372 e. The van der Waals surface area contributed by atoms with Crippen LogP contribution in [0.5, 0.6) is 0 Å². The average molecular weight is 213 g/mol. The van der Waals surface area contributed by atoms with Crippen LogP contribution in [0.4, 0.5) is 8.78 Å². The van der Waals surface area contributed by atoms with E-state index in [2.05, 4.69) is 0 Å². The Morgan fingerprint density at radius 3 is 2.87 bits per heavy atom. The first-order valence-corrected chi connectivity index (χ1v) is 5.00. The van der Waals surface area contributed by atoms with Crippen molar-refractivity contribution in [1.82, 2.24) is 0 Å². The lowest BCUT2D eigenvalue weighted by Crippen LogP contribution is -2.35. The van der Waals surface area contributed by atoms with Crippen molar-refractivity contribution in [3.05, 3.63) is 35.4 Å². The van der Waals surface area contributed by atoms with E-state index in [9.17, 15) is 8.78 Å². The molecule has 0 aromatic heterocycles. The summed E-state index contributed by atoms with van der Waals surface area (Å²) in [5.41, 5.74) is 6.04. The van der Waals surface area contributed by atoms with Gasteiger partial charge in [0.05, 0.1) is 0 Å². The third kappa shape index (κ3) is 2.16. The molecular weight excluding hydrogens is 200 g/mol. The SMILES string of the molecule is N[C@H]1CCCO[C@@H]1c1cc(F)ccc1F. The monoisotopic (exact) mass is 213 g/mol. The normalized spacial score (nSPS) is 26.6. The number of rotatable bonds is 1. The summed E-state index contributed by atoms with van der Waals surface area (Å²) in [7, 11) is 0. The molecule has 2 nitrogen and oxygen atoms in total. The van der Waals surface area contributed by atoms with E-state index in [0.717, 1.165) is 31.0 Å². The van der Waals surface area contributed by atoms with E-state index in [4.69, 9.17) is 10.5 Å². The van der Waals surface area contributed by atoms with Gasteiger partial charge in [-0.1, -0.05) is 0 Å². The first-order chi connectivity index (χ1) is 7.18. The Labute approximate surface area is 87.0 Å². The highest BCUT2D eigenvalue weighted by atomic mass is 19.1. The summed E-state index contributed by atoms with van der Waals surface area (Å²) in [6.07, 6.45) is 1.13. The van der Waals surface area contributed by atoms with Crippen LogP contribution in [0.25, 0.3) is 0 Å². The van der Waals surface area contributed by atoms with Crippen molar-refractivity contribution in [3.8, 4) is 0 Å². The van der Waals surface area contributed by atoms with Gasteiger partial charge in [-0.05, 0) is 31.0 Å². The highest BCUT2D eigenvalue weighted by Gasteiger charge is 2.26. The van der Waals surface area contributed by atoms with Gasteiger partial charge in [-0.25, -0.2) is 8.78 Å². The maximum absolute atomic E-state index is 13.4. The van der Waals surface area contributed by atoms with Gasteiger partial charge in [0, 0.05) is 18.2 Å². The van der Waals surface area contributed by atoms with E-state index >= 15 is 0 Å². The number of benzene rings is 1. The minimum atomic E-state index is -0.519. The maximum Gasteiger partial charge on any atom is 0.129 e. The Bertz CT molecular complexity index is 356.